The highest BCUT2D eigenvalue weighted by Gasteiger charge is 2.28. The first-order valence-electron chi connectivity index (χ1n) is 5.91. The van der Waals surface area contributed by atoms with Crippen LogP contribution in [0.5, 0.6) is 0 Å². The van der Waals surface area contributed by atoms with Crippen LogP contribution in [0.2, 0.25) is 0 Å². The third-order valence-electron chi connectivity index (χ3n) is 3.64. The van der Waals surface area contributed by atoms with Gasteiger partial charge >= 0.3 is 0 Å². The Morgan fingerprint density at radius 1 is 1.44 bits per heavy atom. The fourth-order valence-electron chi connectivity index (χ4n) is 2.57. The van der Waals surface area contributed by atoms with Gasteiger partial charge in [0.2, 0.25) is 0 Å². The van der Waals surface area contributed by atoms with E-state index in [1.54, 1.807) is 11.3 Å². The number of halogens is 1. The number of hydrogen-bond donors (Lipinski definition) is 2. The fraction of sp³-hybridized carbons (Fsp3) is 0.667. The molecule has 90 valence electrons. The molecule has 1 aromatic rings. The van der Waals surface area contributed by atoms with E-state index in [-0.39, 0.29) is 0 Å². The summed E-state index contributed by atoms with van der Waals surface area (Å²) in [5.41, 5.74) is 3.01. The van der Waals surface area contributed by atoms with Crippen molar-refractivity contribution in [2.24, 2.45) is 17.7 Å². The van der Waals surface area contributed by atoms with E-state index in [4.69, 9.17) is 5.84 Å². The van der Waals surface area contributed by atoms with Crippen molar-refractivity contribution in [1.82, 2.24) is 5.43 Å². The van der Waals surface area contributed by atoms with Gasteiger partial charge in [-0.1, -0.05) is 19.8 Å². The quantitative estimate of drug-likeness (QED) is 0.657. The molecular weight excluding hydrogens is 284 g/mol. The van der Waals surface area contributed by atoms with E-state index in [0.717, 1.165) is 5.92 Å². The molecule has 1 unspecified atom stereocenters. The van der Waals surface area contributed by atoms with Crippen LogP contribution in [-0.4, -0.2) is 0 Å². The molecule has 2 nitrogen and oxygen atoms in total. The molecule has 0 saturated heterocycles. The third-order valence-corrected chi connectivity index (χ3v) is 5.59. The molecule has 0 amide bonds. The van der Waals surface area contributed by atoms with Gasteiger partial charge in [-0.15, -0.1) is 11.3 Å². The highest BCUT2D eigenvalue weighted by atomic mass is 79.9. The maximum Gasteiger partial charge on any atom is 0.0592 e. The Bertz CT molecular complexity index is 332. The number of thiophene rings is 1. The summed E-state index contributed by atoms with van der Waals surface area (Å²) in [7, 11) is 0. The van der Waals surface area contributed by atoms with Gasteiger partial charge in [0.25, 0.3) is 0 Å². The molecule has 0 aliphatic heterocycles. The van der Waals surface area contributed by atoms with E-state index >= 15 is 0 Å². The molecule has 3 N–H and O–H groups in total. The van der Waals surface area contributed by atoms with Crippen molar-refractivity contribution >= 4 is 27.3 Å². The summed E-state index contributed by atoms with van der Waals surface area (Å²) in [5, 5.41) is 2.12. The van der Waals surface area contributed by atoms with Crippen LogP contribution in [0, 0.1) is 11.8 Å². The number of hydrazine groups is 1. The lowest BCUT2D eigenvalue weighted by atomic mass is 9.79. The van der Waals surface area contributed by atoms with Crippen molar-refractivity contribution in [3.05, 3.63) is 20.8 Å². The van der Waals surface area contributed by atoms with Gasteiger partial charge in [0.15, 0.2) is 0 Å². The summed E-state index contributed by atoms with van der Waals surface area (Å²) in [4.78, 5) is 1.35. The Balaban J connectivity index is 2.08. The largest absolute Gasteiger partial charge is 0.271 e. The van der Waals surface area contributed by atoms with E-state index < -0.39 is 0 Å². The van der Waals surface area contributed by atoms with Crippen LogP contribution < -0.4 is 11.3 Å². The Morgan fingerprint density at radius 2 is 2.12 bits per heavy atom. The second-order valence-electron chi connectivity index (χ2n) is 4.80. The summed E-state index contributed by atoms with van der Waals surface area (Å²) in [6.07, 6.45) is 5.26. The minimum atomic E-state index is 0.321. The highest BCUT2D eigenvalue weighted by Crippen LogP contribution is 2.40. The molecule has 1 aliphatic rings. The van der Waals surface area contributed by atoms with Gasteiger partial charge in [-0.2, -0.15) is 0 Å². The Hall–Kier alpha value is 0.100. The molecule has 0 spiro atoms. The molecule has 2 rings (SSSR count). The lowest BCUT2D eigenvalue weighted by molar-refractivity contribution is 0.234. The first kappa shape index (κ1) is 12.6. The van der Waals surface area contributed by atoms with E-state index in [9.17, 15) is 0 Å². The van der Waals surface area contributed by atoms with Crippen LogP contribution in [0.3, 0.4) is 0 Å². The predicted octanol–water partition coefficient (Wildman–Crippen LogP) is 3.84. The van der Waals surface area contributed by atoms with Crippen molar-refractivity contribution in [2.75, 3.05) is 0 Å². The van der Waals surface area contributed by atoms with Gasteiger partial charge in [-0.05, 0) is 52.1 Å². The van der Waals surface area contributed by atoms with Gasteiger partial charge in [0, 0.05) is 9.35 Å². The van der Waals surface area contributed by atoms with E-state index in [2.05, 4.69) is 39.7 Å². The van der Waals surface area contributed by atoms with Crippen LogP contribution in [0.15, 0.2) is 15.9 Å². The topological polar surface area (TPSA) is 38.0 Å². The minimum absolute atomic E-state index is 0.321. The van der Waals surface area contributed by atoms with Crippen molar-refractivity contribution in [1.29, 1.82) is 0 Å². The summed E-state index contributed by atoms with van der Waals surface area (Å²) in [6, 6.07) is 2.43. The summed E-state index contributed by atoms with van der Waals surface area (Å²) in [5.74, 6) is 7.32. The molecule has 16 heavy (non-hydrogen) atoms. The lowest BCUT2D eigenvalue weighted by Gasteiger charge is -2.32. The summed E-state index contributed by atoms with van der Waals surface area (Å²) >= 11 is 5.39. The Kier molecular flexibility index (Phi) is 4.41. The SMILES string of the molecule is CC1CCC(C(NN)c2sccc2Br)CC1. The molecule has 4 heteroatoms. The maximum absolute atomic E-state index is 5.73. The number of rotatable bonds is 3. The summed E-state index contributed by atoms with van der Waals surface area (Å²) in [6.45, 7) is 2.35. The predicted molar refractivity (Wildman–Crippen MR) is 73.2 cm³/mol. The zero-order valence-corrected chi connectivity index (χ0v) is 12.0. The van der Waals surface area contributed by atoms with Crippen molar-refractivity contribution in [3.8, 4) is 0 Å². The zero-order chi connectivity index (χ0) is 11.5. The summed E-state index contributed by atoms with van der Waals surface area (Å²) < 4.78 is 1.19. The van der Waals surface area contributed by atoms with E-state index in [1.807, 2.05) is 0 Å². The molecule has 1 heterocycles. The normalized spacial score (nSPS) is 27.9. The Labute approximate surface area is 110 Å². The van der Waals surface area contributed by atoms with Gasteiger partial charge in [-0.3, -0.25) is 11.3 Å². The first-order valence-corrected chi connectivity index (χ1v) is 7.58. The zero-order valence-electron chi connectivity index (χ0n) is 9.58. The highest BCUT2D eigenvalue weighted by molar-refractivity contribution is 9.10. The van der Waals surface area contributed by atoms with E-state index in [0.29, 0.717) is 12.0 Å². The third kappa shape index (κ3) is 2.67. The standard InChI is InChI=1S/C12H19BrN2S/c1-8-2-4-9(5-3-8)11(15-14)12-10(13)6-7-16-12/h6-9,11,15H,2-5,14H2,1H3. The molecule has 0 aromatic carbocycles. The van der Waals surface area contributed by atoms with E-state index in [1.165, 1.54) is 35.0 Å². The van der Waals surface area contributed by atoms with Crippen LogP contribution in [0.1, 0.15) is 43.5 Å². The van der Waals surface area contributed by atoms with Crippen molar-refractivity contribution < 1.29 is 0 Å². The monoisotopic (exact) mass is 302 g/mol. The van der Waals surface area contributed by atoms with Gasteiger partial charge in [0.1, 0.15) is 0 Å². The molecule has 0 radical (unpaired) electrons. The average Bonchev–Trinajstić information content (AvgIpc) is 2.69. The molecule has 1 saturated carbocycles. The minimum Gasteiger partial charge on any atom is -0.271 e. The molecular formula is C12H19BrN2S. The van der Waals surface area contributed by atoms with Crippen molar-refractivity contribution in [3.63, 3.8) is 0 Å². The second-order valence-corrected chi connectivity index (χ2v) is 6.60. The molecule has 0 bridgehead atoms. The van der Waals surface area contributed by atoms with Crippen LogP contribution in [-0.2, 0) is 0 Å². The molecule has 1 aliphatic carbocycles. The molecule has 1 aromatic heterocycles. The fourth-order valence-corrected chi connectivity index (χ4v) is 4.34. The molecule has 1 fully saturated rings. The second kappa shape index (κ2) is 5.63. The van der Waals surface area contributed by atoms with Crippen LogP contribution in [0.4, 0.5) is 0 Å². The van der Waals surface area contributed by atoms with Gasteiger partial charge in [-0.25, -0.2) is 0 Å². The van der Waals surface area contributed by atoms with Gasteiger partial charge in [0.05, 0.1) is 6.04 Å². The Morgan fingerprint density at radius 3 is 2.62 bits per heavy atom. The maximum atomic E-state index is 5.73. The lowest BCUT2D eigenvalue weighted by Crippen LogP contribution is -2.34. The van der Waals surface area contributed by atoms with Crippen molar-refractivity contribution in [2.45, 2.75) is 38.6 Å². The smallest absolute Gasteiger partial charge is 0.0592 e. The van der Waals surface area contributed by atoms with Gasteiger partial charge < -0.3 is 0 Å². The van der Waals surface area contributed by atoms with Crippen LogP contribution in [0.25, 0.3) is 0 Å². The average molecular weight is 303 g/mol. The number of nitrogens with two attached hydrogens (primary N) is 1. The number of nitrogens with one attached hydrogen (secondary N) is 1. The first-order chi connectivity index (χ1) is 7.72. The number of hydrogen-bond acceptors (Lipinski definition) is 3. The molecule has 1 atom stereocenters. The van der Waals surface area contributed by atoms with Crippen LogP contribution >= 0.6 is 27.3 Å².